The Morgan fingerprint density at radius 1 is 1.64 bits per heavy atom. The average Bonchev–Trinajstić information content (AvgIpc) is 2.43. The molecule has 0 aliphatic heterocycles. The highest BCUT2D eigenvalue weighted by atomic mass is 16.6. The van der Waals surface area contributed by atoms with Crippen LogP contribution in [0.2, 0.25) is 0 Å². The molecule has 1 aromatic rings. The third kappa shape index (κ3) is 2.19. The van der Waals surface area contributed by atoms with Crippen molar-refractivity contribution in [3.63, 3.8) is 0 Å². The van der Waals surface area contributed by atoms with Crippen LogP contribution in [-0.4, -0.2) is 35.6 Å². The normalized spacial score (nSPS) is 10.8. The molecule has 0 saturated heterocycles. The van der Waals surface area contributed by atoms with Crippen molar-refractivity contribution in [2.75, 3.05) is 26.4 Å². The summed E-state index contributed by atoms with van der Waals surface area (Å²) in [7, 11) is 3.74. The fraction of sp³-hybridized carbons (Fsp3) is 0.571. The number of anilines is 1. The van der Waals surface area contributed by atoms with E-state index in [9.17, 15) is 10.1 Å². The van der Waals surface area contributed by atoms with Crippen molar-refractivity contribution in [1.29, 1.82) is 0 Å². The fourth-order valence-corrected chi connectivity index (χ4v) is 1.02. The summed E-state index contributed by atoms with van der Waals surface area (Å²) in [4.78, 5) is 11.9. The van der Waals surface area contributed by atoms with Crippen LogP contribution in [-0.2, 0) is 6.42 Å². The van der Waals surface area contributed by atoms with Crippen LogP contribution < -0.4 is 5.73 Å². The van der Waals surface area contributed by atoms with E-state index in [-0.39, 0.29) is 11.6 Å². The van der Waals surface area contributed by atoms with E-state index < -0.39 is 4.92 Å². The van der Waals surface area contributed by atoms with E-state index >= 15 is 0 Å². The lowest BCUT2D eigenvalue weighted by Crippen LogP contribution is -2.15. The fourth-order valence-electron chi connectivity index (χ4n) is 1.02. The van der Waals surface area contributed by atoms with E-state index in [1.165, 1.54) is 0 Å². The second kappa shape index (κ2) is 4.05. The van der Waals surface area contributed by atoms with Crippen LogP contribution in [0.4, 0.5) is 11.6 Å². The van der Waals surface area contributed by atoms with Crippen molar-refractivity contribution in [3.05, 3.63) is 15.8 Å². The first-order valence-corrected chi connectivity index (χ1v) is 4.05. The number of rotatable bonds is 4. The minimum atomic E-state index is -0.573. The number of hydrogen-bond donors (Lipinski definition) is 1. The summed E-state index contributed by atoms with van der Waals surface area (Å²) < 4.78 is 4.56. The van der Waals surface area contributed by atoms with Gasteiger partial charge < -0.3 is 15.2 Å². The number of aromatic nitrogens is 1. The molecule has 1 heterocycles. The standard InChI is InChI=1S/C7H12N4O3/c1-10(2)4-3-5-6(11(12)13)7(8)14-9-5/h3-4,8H2,1-2H3. The molecule has 0 radical (unpaired) electrons. The van der Waals surface area contributed by atoms with Gasteiger partial charge in [-0.2, -0.15) is 0 Å². The zero-order valence-electron chi connectivity index (χ0n) is 8.06. The predicted molar refractivity (Wildman–Crippen MR) is 49.8 cm³/mol. The molecule has 7 heteroatoms. The first-order chi connectivity index (χ1) is 6.52. The van der Waals surface area contributed by atoms with Gasteiger partial charge in [-0.3, -0.25) is 10.1 Å². The molecule has 0 unspecified atom stereocenters. The molecule has 0 saturated carbocycles. The van der Waals surface area contributed by atoms with E-state index in [1.54, 1.807) is 0 Å². The minimum absolute atomic E-state index is 0.216. The lowest BCUT2D eigenvalue weighted by Gasteiger charge is -2.05. The second-order valence-electron chi connectivity index (χ2n) is 3.15. The molecule has 0 aliphatic rings. The predicted octanol–water partition coefficient (Wildman–Crippen LogP) is 0.269. The molecule has 0 aliphatic carbocycles. The minimum Gasteiger partial charge on any atom is -0.362 e. The number of nitrogen functional groups attached to an aromatic ring is 1. The summed E-state index contributed by atoms with van der Waals surface area (Å²) in [5.74, 6) is -0.233. The van der Waals surface area contributed by atoms with Crippen LogP contribution in [0, 0.1) is 10.1 Å². The van der Waals surface area contributed by atoms with E-state index in [4.69, 9.17) is 5.73 Å². The highest BCUT2D eigenvalue weighted by molar-refractivity contribution is 5.52. The number of hydrogen-bond acceptors (Lipinski definition) is 6. The van der Waals surface area contributed by atoms with E-state index in [2.05, 4.69) is 9.68 Å². The van der Waals surface area contributed by atoms with Crippen molar-refractivity contribution in [2.24, 2.45) is 0 Å². The van der Waals surface area contributed by atoms with Crippen LogP contribution in [0.1, 0.15) is 5.69 Å². The van der Waals surface area contributed by atoms with Gasteiger partial charge in [0.15, 0.2) is 5.69 Å². The van der Waals surface area contributed by atoms with Gasteiger partial charge in [-0.15, -0.1) is 0 Å². The van der Waals surface area contributed by atoms with E-state index in [0.717, 1.165) is 0 Å². The zero-order valence-corrected chi connectivity index (χ0v) is 8.06. The van der Waals surface area contributed by atoms with Gasteiger partial charge >= 0.3 is 11.6 Å². The van der Waals surface area contributed by atoms with Crippen LogP contribution in [0.3, 0.4) is 0 Å². The number of nitrogens with zero attached hydrogens (tertiary/aromatic N) is 3. The number of likely N-dealkylation sites (N-methyl/N-ethyl adjacent to an activating group) is 1. The molecule has 78 valence electrons. The SMILES string of the molecule is CN(C)CCc1noc(N)c1[N+](=O)[O-]. The molecule has 0 aromatic carbocycles. The lowest BCUT2D eigenvalue weighted by atomic mass is 10.2. The van der Waals surface area contributed by atoms with Crippen molar-refractivity contribution in [1.82, 2.24) is 10.1 Å². The van der Waals surface area contributed by atoms with Crippen LogP contribution in [0.25, 0.3) is 0 Å². The Labute approximate surface area is 80.6 Å². The Balaban J connectivity index is 2.81. The van der Waals surface area contributed by atoms with E-state index in [0.29, 0.717) is 18.7 Å². The summed E-state index contributed by atoms with van der Waals surface area (Å²) in [6, 6.07) is 0. The first-order valence-electron chi connectivity index (χ1n) is 4.05. The van der Waals surface area contributed by atoms with Gasteiger partial charge in [-0.05, 0) is 14.1 Å². The van der Waals surface area contributed by atoms with Crippen molar-refractivity contribution < 1.29 is 9.45 Å². The van der Waals surface area contributed by atoms with Gasteiger partial charge in [-0.25, -0.2) is 0 Å². The average molecular weight is 200 g/mol. The Morgan fingerprint density at radius 2 is 2.29 bits per heavy atom. The summed E-state index contributed by atoms with van der Waals surface area (Å²) in [6.45, 7) is 0.660. The second-order valence-corrected chi connectivity index (χ2v) is 3.15. The van der Waals surface area contributed by atoms with E-state index in [1.807, 2.05) is 19.0 Å². The Morgan fingerprint density at radius 3 is 2.79 bits per heavy atom. The van der Waals surface area contributed by atoms with Crippen molar-refractivity contribution in [3.8, 4) is 0 Å². The highest BCUT2D eigenvalue weighted by Gasteiger charge is 2.24. The Kier molecular flexibility index (Phi) is 3.03. The van der Waals surface area contributed by atoms with Crippen molar-refractivity contribution >= 4 is 11.6 Å². The molecule has 1 rings (SSSR count). The number of nitrogens with two attached hydrogens (primary N) is 1. The third-order valence-electron chi connectivity index (χ3n) is 1.74. The smallest absolute Gasteiger partial charge is 0.355 e. The molecule has 0 spiro atoms. The van der Waals surface area contributed by atoms with Crippen LogP contribution >= 0.6 is 0 Å². The Bertz CT molecular complexity index is 334. The maximum atomic E-state index is 10.6. The van der Waals surface area contributed by atoms with Crippen LogP contribution in [0.15, 0.2) is 4.52 Å². The van der Waals surface area contributed by atoms with Gasteiger partial charge in [-0.1, -0.05) is 5.16 Å². The molecular weight excluding hydrogens is 188 g/mol. The molecule has 0 fully saturated rings. The molecule has 0 bridgehead atoms. The topological polar surface area (TPSA) is 98.4 Å². The molecule has 0 atom stereocenters. The van der Waals surface area contributed by atoms with Gasteiger partial charge in [0.25, 0.3) is 0 Å². The number of nitro groups is 1. The molecule has 0 amide bonds. The molecule has 7 nitrogen and oxygen atoms in total. The summed E-state index contributed by atoms with van der Waals surface area (Å²) in [6.07, 6.45) is 0.448. The lowest BCUT2D eigenvalue weighted by molar-refractivity contribution is -0.384. The van der Waals surface area contributed by atoms with Gasteiger partial charge in [0.05, 0.1) is 4.92 Å². The molecular formula is C7H12N4O3. The Hall–Kier alpha value is -1.63. The summed E-state index contributed by atoms with van der Waals surface area (Å²) in [5, 5.41) is 14.1. The van der Waals surface area contributed by atoms with Crippen molar-refractivity contribution in [2.45, 2.75) is 6.42 Å². The van der Waals surface area contributed by atoms with Gasteiger partial charge in [0.2, 0.25) is 0 Å². The maximum Gasteiger partial charge on any atom is 0.355 e. The summed E-state index contributed by atoms with van der Waals surface area (Å²) in [5.41, 5.74) is 5.34. The molecule has 1 aromatic heterocycles. The first kappa shape index (κ1) is 10.5. The largest absolute Gasteiger partial charge is 0.362 e. The maximum absolute atomic E-state index is 10.6. The summed E-state index contributed by atoms with van der Waals surface area (Å²) >= 11 is 0. The molecule has 2 N–H and O–H groups in total. The third-order valence-corrected chi connectivity index (χ3v) is 1.74. The van der Waals surface area contributed by atoms with Gasteiger partial charge in [0.1, 0.15) is 0 Å². The van der Waals surface area contributed by atoms with Gasteiger partial charge in [0, 0.05) is 13.0 Å². The molecule has 14 heavy (non-hydrogen) atoms. The zero-order chi connectivity index (χ0) is 10.7. The monoisotopic (exact) mass is 200 g/mol. The van der Waals surface area contributed by atoms with Crippen LogP contribution in [0.5, 0.6) is 0 Å². The quantitative estimate of drug-likeness (QED) is 0.553. The highest BCUT2D eigenvalue weighted by Crippen LogP contribution is 2.25.